The predicted octanol–water partition coefficient (Wildman–Crippen LogP) is 2.66. The van der Waals surface area contributed by atoms with Crippen LogP contribution in [0.3, 0.4) is 0 Å². The van der Waals surface area contributed by atoms with Crippen LogP contribution < -0.4 is 16.0 Å². The number of carbonyl (C=O) groups is 1. The lowest BCUT2D eigenvalue weighted by molar-refractivity contribution is -0.125. The molecule has 0 radical (unpaired) electrons. The molecule has 124 valence electrons. The van der Waals surface area contributed by atoms with Crippen molar-refractivity contribution in [2.24, 2.45) is 11.8 Å². The van der Waals surface area contributed by atoms with Crippen molar-refractivity contribution >= 4 is 24.0 Å². The van der Waals surface area contributed by atoms with E-state index < -0.39 is 0 Å². The van der Waals surface area contributed by atoms with Crippen molar-refractivity contribution in [3.8, 4) is 0 Å². The maximum absolute atomic E-state index is 12.2. The fourth-order valence-electron chi connectivity index (χ4n) is 2.64. The van der Waals surface area contributed by atoms with E-state index in [-0.39, 0.29) is 30.3 Å². The van der Waals surface area contributed by atoms with Crippen molar-refractivity contribution in [3.63, 3.8) is 0 Å². The molecule has 1 atom stereocenters. The largest absolute Gasteiger partial charge is 0.380 e. The smallest absolute Gasteiger partial charge is 0.223 e. The van der Waals surface area contributed by atoms with Gasteiger partial charge in [0, 0.05) is 24.2 Å². The van der Waals surface area contributed by atoms with Gasteiger partial charge in [0.2, 0.25) is 5.91 Å². The fraction of sp³-hybridized carbons (Fsp3) is 0.588. The minimum atomic E-state index is 0. The van der Waals surface area contributed by atoms with Crippen LogP contribution in [0.25, 0.3) is 0 Å². The van der Waals surface area contributed by atoms with Crippen LogP contribution in [0.1, 0.15) is 26.7 Å². The molecule has 1 aromatic rings. The summed E-state index contributed by atoms with van der Waals surface area (Å²) in [6, 6.07) is 10.4. The van der Waals surface area contributed by atoms with Crippen LogP contribution in [0.2, 0.25) is 0 Å². The second-order valence-electron chi connectivity index (χ2n) is 6.13. The Hall–Kier alpha value is -1.26. The molecule has 1 unspecified atom stereocenters. The van der Waals surface area contributed by atoms with Gasteiger partial charge in [0.15, 0.2) is 0 Å². The lowest BCUT2D eigenvalue weighted by atomic mass is 9.96. The van der Waals surface area contributed by atoms with E-state index in [0.717, 1.165) is 31.6 Å². The number of anilines is 1. The van der Waals surface area contributed by atoms with Gasteiger partial charge in [-0.1, -0.05) is 32.0 Å². The second kappa shape index (κ2) is 9.70. The highest BCUT2D eigenvalue weighted by atomic mass is 35.5. The molecule has 5 heteroatoms. The third-order valence-corrected chi connectivity index (χ3v) is 4.14. The van der Waals surface area contributed by atoms with Gasteiger partial charge in [-0.25, -0.2) is 0 Å². The standard InChI is InChI=1S/C17H27N3O.ClH/c1-13(2)16(20-15-6-4-3-5-7-15)12-19-17(21)14-8-10-18-11-9-14;/h3-7,13-14,16,18,20H,8-12H2,1-2H3,(H,19,21);1H. The molecule has 22 heavy (non-hydrogen) atoms. The summed E-state index contributed by atoms with van der Waals surface area (Å²) in [6.45, 7) is 6.94. The lowest BCUT2D eigenvalue weighted by Crippen LogP contribution is -2.44. The Morgan fingerprint density at radius 2 is 1.86 bits per heavy atom. The van der Waals surface area contributed by atoms with E-state index in [1.165, 1.54) is 0 Å². The zero-order valence-corrected chi connectivity index (χ0v) is 14.3. The first kappa shape index (κ1) is 18.8. The highest BCUT2D eigenvalue weighted by Crippen LogP contribution is 2.14. The minimum Gasteiger partial charge on any atom is -0.380 e. The first-order chi connectivity index (χ1) is 10.2. The molecule has 3 N–H and O–H groups in total. The molecule has 1 aliphatic rings. The first-order valence-electron chi connectivity index (χ1n) is 7.97. The summed E-state index contributed by atoms with van der Waals surface area (Å²) in [5.41, 5.74) is 1.10. The zero-order valence-electron chi connectivity index (χ0n) is 13.5. The van der Waals surface area contributed by atoms with E-state index in [4.69, 9.17) is 0 Å². The van der Waals surface area contributed by atoms with Crippen LogP contribution >= 0.6 is 12.4 Å². The molecule has 1 saturated heterocycles. The van der Waals surface area contributed by atoms with E-state index >= 15 is 0 Å². The van der Waals surface area contributed by atoms with Gasteiger partial charge in [0.1, 0.15) is 0 Å². The van der Waals surface area contributed by atoms with Gasteiger partial charge >= 0.3 is 0 Å². The van der Waals surface area contributed by atoms with Crippen molar-refractivity contribution in [2.75, 3.05) is 25.0 Å². The molecule has 0 spiro atoms. The number of amides is 1. The number of nitrogens with one attached hydrogen (secondary N) is 3. The topological polar surface area (TPSA) is 53.2 Å². The molecule has 1 aliphatic heterocycles. The Morgan fingerprint density at radius 1 is 1.23 bits per heavy atom. The van der Waals surface area contributed by atoms with Crippen LogP contribution in [-0.4, -0.2) is 31.6 Å². The lowest BCUT2D eigenvalue weighted by Gasteiger charge is -2.26. The average molecular weight is 326 g/mol. The van der Waals surface area contributed by atoms with E-state index in [2.05, 4.69) is 41.9 Å². The van der Waals surface area contributed by atoms with Crippen LogP contribution in [-0.2, 0) is 4.79 Å². The Bertz CT molecular complexity index is 433. The van der Waals surface area contributed by atoms with Crippen molar-refractivity contribution in [3.05, 3.63) is 30.3 Å². The van der Waals surface area contributed by atoms with Gasteiger partial charge in [0.05, 0.1) is 0 Å². The van der Waals surface area contributed by atoms with Crippen molar-refractivity contribution in [2.45, 2.75) is 32.7 Å². The average Bonchev–Trinajstić information content (AvgIpc) is 2.52. The number of carbonyl (C=O) groups excluding carboxylic acids is 1. The molecule has 1 amide bonds. The number of hydrogen-bond donors (Lipinski definition) is 3. The van der Waals surface area contributed by atoms with Crippen LogP contribution in [0.4, 0.5) is 5.69 Å². The van der Waals surface area contributed by atoms with Gasteiger partial charge in [-0.05, 0) is 44.0 Å². The van der Waals surface area contributed by atoms with E-state index in [0.29, 0.717) is 12.5 Å². The molecule has 0 bridgehead atoms. The number of rotatable bonds is 6. The predicted molar refractivity (Wildman–Crippen MR) is 94.5 cm³/mol. The molecule has 2 rings (SSSR count). The third-order valence-electron chi connectivity index (χ3n) is 4.14. The summed E-state index contributed by atoms with van der Waals surface area (Å²) in [6.07, 6.45) is 1.90. The Labute approximate surface area is 139 Å². The summed E-state index contributed by atoms with van der Waals surface area (Å²) >= 11 is 0. The number of piperidine rings is 1. The van der Waals surface area contributed by atoms with Gasteiger partial charge < -0.3 is 16.0 Å². The SMILES string of the molecule is CC(C)C(CNC(=O)C1CCNCC1)Nc1ccccc1.Cl. The number of para-hydroxylation sites is 1. The summed E-state index contributed by atoms with van der Waals surface area (Å²) in [5, 5.41) is 9.93. The van der Waals surface area contributed by atoms with Gasteiger partial charge in [-0.15, -0.1) is 12.4 Å². The molecule has 0 saturated carbocycles. The molecule has 1 aromatic carbocycles. The van der Waals surface area contributed by atoms with E-state index in [1.807, 2.05) is 18.2 Å². The van der Waals surface area contributed by atoms with Crippen molar-refractivity contribution < 1.29 is 4.79 Å². The van der Waals surface area contributed by atoms with Crippen LogP contribution in [0, 0.1) is 11.8 Å². The number of benzene rings is 1. The molecular formula is C17H28ClN3O. The number of hydrogen-bond acceptors (Lipinski definition) is 3. The normalized spacial score (nSPS) is 16.7. The highest BCUT2D eigenvalue weighted by Gasteiger charge is 2.22. The molecule has 0 aromatic heterocycles. The molecule has 1 fully saturated rings. The molecule has 4 nitrogen and oxygen atoms in total. The maximum atomic E-state index is 12.2. The number of halogens is 1. The summed E-state index contributed by atoms with van der Waals surface area (Å²) in [7, 11) is 0. The molecule has 1 heterocycles. The monoisotopic (exact) mass is 325 g/mol. The first-order valence-corrected chi connectivity index (χ1v) is 7.97. The van der Waals surface area contributed by atoms with Crippen molar-refractivity contribution in [1.82, 2.24) is 10.6 Å². The molecular weight excluding hydrogens is 298 g/mol. The Morgan fingerprint density at radius 3 is 2.45 bits per heavy atom. The minimum absolute atomic E-state index is 0. The zero-order chi connectivity index (χ0) is 15.1. The van der Waals surface area contributed by atoms with Crippen LogP contribution in [0.5, 0.6) is 0 Å². The van der Waals surface area contributed by atoms with Crippen LogP contribution in [0.15, 0.2) is 30.3 Å². The third kappa shape index (κ3) is 5.85. The summed E-state index contributed by atoms with van der Waals surface area (Å²) in [5.74, 6) is 0.839. The fourth-order valence-corrected chi connectivity index (χ4v) is 2.64. The van der Waals surface area contributed by atoms with E-state index in [1.54, 1.807) is 0 Å². The van der Waals surface area contributed by atoms with Gasteiger partial charge in [-0.3, -0.25) is 4.79 Å². The highest BCUT2D eigenvalue weighted by molar-refractivity contribution is 5.85. The van der Waals surface area contributed by atoms with Crippen molar-refractivity contribution in [1.29, 1.82) is 0 Å². The summed E-state index contributed by atoms with van der Waals surface area (Å²) < 4.78 is 0. The molecule has 0 aliphatic carbocycles. The maximum Gasteiger partial charge on any atom is 0.223 e. The Balaban J connectivity index is 0.00000242. The van der Waals surface area contributed by atoms with Gasteiger partial charge in [-0.2, -0.15) is 0 Å². The quantitative estimate of drug-likeness (QED) is 0.753. The Kier molecular flexibility index (Phi) is 8.28. The summed E-state index contributed by atoms with van der Waals surface area (Å²) in [4.78, 5) is 12.2. The van der Waals surface area contributed by atoms with Gasteiger partial charge in [0.25, 0.3) is 0 Å². The second-order valence-corrected chi connectivity index (χ2v) is 6.13. The van der Waals surface area contributed by atoms with E-state index in [9.17, 15) is 4.79 Å².